The van der Waals surface area contributed by atoms with Crippen molar-refractivity contribution in [3.63, 3.8) is 0 Å². The molecule has 9 nitrogen and oxygen atoms in total. The normalized spacial score (nSPS) is 11.7. The Kier molecular flexibility index (Phi) is 8.21. The number of nitrogens with two attached hydrogens (primary N) is 1. The number of nitrogens with one attached hydrogen (secondary N) is 3. The minimum Gasteiger partial charge on any atom is -0.332 e. The number of aliphatic imine (C=N–C) groups is 1. The van der Waals surface area contributed by atoms with Gasteiger partial charge in [0.25, 0.3) is 0 Å². The van der Waals surface area contributed by atoms with Crippen molar-refractivity contribution >= 4 is 44.9 Å². The summed E-state index contributed by atoms with van der Waals surface area (Å²) < 4.78 is 36.0. The Bertz CT molecular complexity index is 1280. The van der Waals surface area contributed by atoms with Crippen molar-refractivity contribution in [2.24, 2.45) is 10.1 Å². The van der Waals surface area contributed by atoms with E-state index in [1.807, 2.05) is 19.9 Å². The van der Waals surface area contributed by atoms with E-state index in [2.05, 4.69) is 30.9 Å². The van der Waals surface area contributed by atoms with Crippen molar-refractivity contribution in [3.8, 4) is 0 Å². The number of guanidine groups is 1. The number of anilines is 2. The second-order valence-electron chi connectivity index (χ2n) is 7.35. The van der Waals surface area contributed by atoms with Gasteiger partial charge in [0.05, 0.1) is 4.90 Å². The molecule has 0 bridgehead atoms. The van der Waals surface area contributed by atoms with E-state index in [9.17, 15) is 12.8 Å². The minimum absolute atomic E-state index is 0.0490. The molecule has 0 saturated carbocycles. The summed E-state index contributed by atoms with van der Waals surface area (Å²) in [6.07, 6.45) is 0.531. The lowest BCUT2D eigenvalue weighted by Crippen LogP contribution is -2.39. The van der Waals surface area contributed by atoms with E-state index in [-0.39, 0.29) is 15.8 Å². The zero-order valence-corrected chi connectivity index (χ0v) is 20.2. The first-order valence-electron chi connectivity index (χ1n) is 10.2. The number of aromatic nitrogens is 2. The number of sulfonamides is 1. The topological polar surface area (TPSA) is 134 Å². The third-order valence-electron chi connectivity index (χ3n) is 4.47. The molecule has 0 unspecified atom stereocenters. The van der Waals surface area contributed by atoms with Crippen LogP contribution in [0.25, 0.3) is 0 Å². The van der Waals surface area contributed by atoms with Crippen LogP contribution >= 0.6 is 12.2 Å². The fourth-order valence-electron chi connectivity index (χ4n) is 2.94. The molecule has 0 amide bonds. The highest BCUT2D eigenvalue weighted by atomic mass is 32.2. The second-order valence-corrected chi connectivity index (χ2v) is 9.32. The summed E-state index contributed by atoms with van der Waals surface area (Å²) in [5.74, 6) is 0.314. The minimum atomic E-state index is -3.74. The summed E-state index contributed by atoms with van der Waals surface area (Å²) in [5, 5.41) is 14.3. The average Bonchev–Trinajstić information content (AvgIpc) is 2.74. The number of hydrogen-bond acceptors (Lipinski definition) is 6. The molecule has 0 aliphatic heterocycles. The Morgan fingerprint density at radius 3 is 2.24 bits per heavy atom. The first-order valence-corrected chi connectivity index (χ1v) is 12.1. The van der Waals surface area contributed by atoms with Gasteiger partial charge in [0.15, 0.2) is 5.11 Å². The standard InChI is InChI=1S/C22H24FN7O2S2/c1-14-13-15(2)27-21(26-14)29-20(30-22(33)28-18-7-5-17(23)6-8-18)25-12-11-16-3-9-19(10-4-16)34(24,31)32/h3-10,13H,11-12H2,1-2H3,(H2,24,31,32)(H3,25,26,27,28,29,30,33). The Labute approximate surface area is 202 Å². The van der Waals surface area contributed by atoms with Crippen LogP contribution in [0.15, 0.2) is 64.5 Å². The van der Waals surface area contributed by atoms with E-state index in [4.69, 9.17) is 17.4 Å². The van der Waals surface area contributed by atoms with Crippen molar-refractivity contribution in [2.45, 2.75) is 25.2 Å². The summed E-state index contributed by atoms with van der Waals surface area (Å²) in [7, 11) is -3.74. The van der Waals surface area contributed by atoms with Crippen LogP contribution in [0.3, 0.4) is 0 Å². The smallest absolute Gasteiger partial charge is 0.238 e. The molecule has 2 aromatic carbocycles. The molecule has 5 N–H and O–H groups in total. The van der Waals surface area contributed by atoms with E-state index in [0.29, 0.717) is 30.6 Å². The van der Waals surface area contributed by atoms with Gasteiger partial charge in [-0.1, -0.05) is 12.1 Å². The second kappa shape index (κ2) is 11.1. The van der Waals surface area contributed by atoms with Crippen LogP contribution in [-0.4, -0.2) is 36.0 Å². The third-order valence-corrected chi connectivity index (χ3v) is 5.60. The molecule has 3 rings (SSSR count). The summed E-state index contributed by atoms with van der Waals surface area (Å²) in [6.45, 7) is 4.07. The van der Waals surface area contributed by atoms with Crippen LogP contribution in [0, 0.1) is 19.7 Å². The summed E-state index contributed by atoms with van der Waals surface area (Å²) in [5.41, 5.74) is 3.06. The average molecular weight is 502 g/mol. The Balaban J connectivity index is 1.72. The molecule has 34 heavy (non-hydrogen) atoms. The predicted molar refractivity (Wildman–Crippen MR) is 135 cm³/mol. The molecule has 1 aromatic heterocycles. The largest absolute Gasteiger partial charge is 0.332 e. The monoisotopic (exact) mass is 501 g/mol. The molecule has 0 atom stereocenters. The molecule has 0 fully saturated rings. The van der Waals surface area contributed by atoms with Crippen LogP contribution in [-0.2, 0) is 16.4 Å². The molecule has 0 aliphatic rings. The lowest BCUT2D eigenvalue weighted by atomic mass is 10.1. The first-order chi connectivity index (χ1) is 16.1. The van der Waals surface area contributed by atoms with Gasteiger partial charge < -0.3 is 10.6 Å². The maximum atomic E-state index is 13.1. The van der Waals surface area contributed by atoms with E-state index >= 15 is 0 Å². The van der Waals surface area contributed by atoms with Crippen LogP contribution in [0.2, 0.25) is 0 Å². The number of thiocarbonyl (C=S) groups is 1. The molecule has 0 aliphatic carbocycles. The highest BCUT2D eigenvalue weighted by molar-refractivity contribution is 7.89. The van der Waals surface area contributed by atoms with Crippen LogP contribution in [0.1, 0.15) is 17.0 Å². The van der Waals surface area contributed by atoms with E-state index in [1.165, 1.54) is 24.3 Å². The van der Waals surface area contributed by atoms with Gasteiger partial charge in [-0.15, -0.1) is 0 Å². The summed E-state index contributed by atoms with van der Waals surface area (Å²) in [6, 6.07) is 13.9. The lowest BCUT2D eigenvalue weighted by molar-refractivity contribution is 0.597. The predicted octanol–water partition coefficient (Wildman–Crippen LogP) is 2.88. The zero-order valence-electron chi connectivity index (χ0n) is 18.5. The van der Waals surface area contributed by atoms with Crippen LogP contribution < -0.4 is 21.1 Å². The number of primary sulfonamides is 1. The molecular weight excluding hydrogens is 477 g/mol. The summed E-state index contributed by atoms with van der Waals surface area (Å²) >= 11 is 5.36. The van der Waals surface area contributed by atoms with Crippen molar-refractivity contribution < 1.29 is 12.8 Å². The molecular formula is C22H24FN7O2S2. The van der Waals surface area contributed by atoms with Crippen molar-refractivity contribution in [3.05, 3.63) is 77.4 Å². The van der Waals surface area contributed by atoms with Gasteiger partial charge >= 0.3 is 0 Å². The van der Waals surface area contributed by atoms with Gasteiger partial charge in [0.2, 0.25) is 21.9 Å². The van der Waals surface area contributed by atoms with Gasteiger partial charge in [0.1, 0.15) is 5.82 Å². The Morgan fingerprint density at radius 2 is 1.65 bits per heavy atom. The number of nitrogens with zero attached hydrogens (tertiary/aromatic N) is 3. The molecule has 12 heteroatoms. The molecule has 3 aromatic rings. The number of aryl methyl sites for hydroxylation is 2. The molecule has 1 heterocycles. The fraction of sp³-hybridized carbons (Fsp3) is 0.182. The molecule has 0 spiro atoms. The number of benzene rings is 2. The molecule has 0 saturated heterocycles. The zero-order chi connectivity index (χ0) is 24.7. The maximum Gasteiger partial charge on any atom is 0.238 e. The highest BCUT2D eigenvalue weighted by Crippen LogP contribution is 2.10. The number of rotatable bonds is 6. The number of hydrogen-bond donors (Lipinski definition) is 4. The first kappa shape index (κ1) is 25.1. The van der Waals surface area contributed by atoms with Gasteiger partial charge in [0, 0.05) is 23.6 Å². The molecule has 178 valence electrons. The van der Waals surface area contributed by atoms with Crippen molar-refractivity contribution in [1.82, 2.24) is 15.3 Å². The maximum absolute atomic E-state index is 13.1. The van der Waals surface area contributed by atoms with Gasteiger partial charge in [-0.05, 0) is 80.5 Å². The van der Waals surface area contributed by atoms with Crippen LogP contribution in [0.5, 0.6) is 0 Å². The lowest BCUT2D eigenvalue weighted by Gasteiger charge is -2.14. The third kappa shape index (κ3) is 7.83. The quantitative estimate of drug-likeness (QED) is 0.230. The van der Waals surface area contributed by atoms with E-state index in [1.54, 1.807) is 24.3 Å². The fourth-order valence-corrected chi connectivity index (χ4v) is 3.67. The SMILES string of the molecule is Cc1cc(C)nc(NC(=NCCc2ccc(S(N)(=O)=O)cc2)NC(=S)Nc2ccc(F)cc2)n1. The summed E-state index contributed by atoms with van der Waals surface area (Å²) in [4.78, 5) is 13.3. The van der Waals surface area contributed by atoms with Gasteiger partial charge in [-0.3, -0.25) is 10.3 Å². The van der Waals surface area contributed by atoms with Crippen molar-refractivity contribution in [2.75, 3.05) is 17.2 Å². The number of halogens is 1. The Morgan fingerprint density at radius 1 is 1.03 bits per heavy atom. The van der Waals surface area contributed by atoms with Gasteiger partial charge in [-0.2, -0.15) is 0 Å². The Hall–Kier alpha value is -3.48. The van der Waals surface area contributed by atoms with E-state index < -0.39 is 10.0 Å². The van der Waals surface area contributed by atoms with E-state index in [0.717, 1.165) is 17.0 Å². The molecule has 0 radical (unpaired) electrons. The van der Waals surface area contributed by atoms with Gasteiger partial charge in [-0.25, -0.2) is 27.9 Å². The van der Waals surface area contributed by atoms with Crippen LogP contribution in [0.4, 0.5) is 16.0 Å². The highest BCUT2D eigenvalue weighted by Gasteiger charge is 2.09. The van der Waals surface area contributed by atoms with Crippen molar-refractivity contribution in [1.29, 1.82) is 0 Å².